The molecule has 0 aliphatic carbocycles. The van der Waals surface area contributed by atoms with E-state index in [0.717, 1.165) is 0 Å². The van der Waals surface area contributed by atoms with Crippen molar-refractivity contribution in [2.75, 3.05) is 5.32 Å². The van der Waals surface area contributed by atoms with E-state index in [-0.39, 0.29) is 16.7 Å². The molecule has 0 aliphatic heterocycles. The van der Waals surface area contributed by atoms with Gasteiger partial charge in [-0.15, -0.1) is 0 Å². The van der Waals surface area contributed by atoms with E-state index in [1.54, 1.807) is 0 Å². The Kier molecular flexibility index (Phi) is 2.94. The fraction of sp³-hybridized carbons (Fsp3) is 0. The number of hydrogen-bond acceptors (Lipinski definition) is 4. The number of aromatic amines is 1. The van der Waals surface area contributed by atoms with Crippen LogP contribution in [0.4, 0.5) is 24.7 Å². The highest BCUT2D eigenvalue weighted by atomic mass is 35.5. The average molecular weight is 300 g/mol. The lowest BCUT2D eigenvalue weighted by atomic mass is 10.2. The Morgan fingerprint density at radius 2 is 1.80 bits per heavy atom. The Labute approximate surface area is 114 Å². The fourth-order valence-corrected chi connectivity index (χ4v) is 1.84. The lowest BCUT2D eigenvalue weighted by molar-refractivity contribution is 0.549. The predicted octanol–water partition coefficient (Wildman–Crippen LogP) is 3.17. The average Bonchev–Trinajstić information content (AvgIpc) is 2.81. The Balaban J connectivity index is 2.12. The molecule has 0 radical (unpaired) electrons. The second-order valence-electron chi connectivity index (χ2n) is 3.81. The molecule has 20 heavy (non-hydrogen) atoms. The smallest absolute Gasteiger partial charge is 0.226 e. The highest BCUT2D eigenvalue weighted by Gasteiger charge is 2.15. The molecule has 0 atom stereocenters. The van der Waals surface area contributed by atoms with Gasteiger partial charge in [0.25, 0.3) is 0 Å². The molecule has 2 aromatic heterocycles. The molecular formula is C11H5ClF3N5. The summed E-state index contributed by atoms with van der Waals surface area (Å²) >= 11 is 5.69. The van der Waals surface area contributed by atoms with Gasteiger partial charge in [0.1, 0.15) is 17.0 Å². The molecule has 2 heterocycles. The van der Waals surface area contributed by atoms with Gasteiger partial charge >= 0.3 is 0 Å². The fourth-order valence-electron chi connectivity index (χ4n) is 1.68. The predicted molar refractivity (Wildman–Crippen MR) is 66.3 cm³/mol. The molecule has 0 saturated heterocycles. The number of fused-ring (bicyclic) bond motifs is 1. The van der Waals surface area contributed by atoms with Crippen LogP contribution in [0.15, 0.2) is 18.5 Å². The topological polar surface area (TPSA) is 66.5 Å². The van der Waals surface area contributed by atoms with E-state index in [4.69, 9.17) is 11.6 Å². The molecule has 2 N–H and O–H groups in total. The molecule has 0 aliphatic rings. The lowest BCUT2D eigenvalue weighted by Crippen LogP contribution is -2.02. The van der Waals surface area contributed by atoms with Crippen molar-refractivity contribution in [3.63, 3.8) is 0 Å². The third kappa shape index (κ3) is 2.14. The molecule has 0 spiro atoms. The van der Waals surface area contributed by atoms with Crippen molar-refractivity contribution in [2.45, 2.75) is 0 Å². The first kappa shape index (κ1) is 12.7. The first-order valence-electron chi connectivity index (χ1n) is 5.33. The third-order valence-electron chi connectivity index (χ3n) is 2.51. The summed E-state index contributed by atoms with van der Waals surface area (Å²) < 4.78 is 40.0. The number of imidazole rings is 1. The highest BCUT2D eigenvalue weighted by Crippen LogP contribution is 2.27. The molecule has 0 bridgehead atoms. The summed E-state index contributed by atoms with van der Waals surface area (Å²) in [6.07, 6.45) is 1.33. The second kappa shape index (κ2) is 4.64. The molecule has 3 rings (SSSR count). The Hall–Kier alpha value is -2.35. The molecule has 5 nitrogen and oxygen atoms in total. The van der Waals surface area contributed by atoms with Crippen molar-refractivity contribution in [2.24, 2.45) is 0 Å². The van der Waals surface area contributed by atoms with Crippen LogP contribution in [0.2, 0.25) is 5.28 Å². The summed E-state index contributed by atoms with van der Waals surface area (Å²) in [5.74, 6) is -3.17. The van der Waals surface area contributed by atoms with Crippen LogP contribution in [0.25, 0.3) is 11.2 Å². The first-order chi connectivity index (χ1) is 9.54. The standard InChI is InChI=1S/C11H5ClF3N5/c12-11-19-9-8(16-3-17-9)10(20-11)18-7-5(14)1-4(13)2-6(7)15/h1-3H,(H2,16,17,18,19,20). The Bertz CT molecular complexity index is 781. The zero-order chi connectivity index (χ0) is 14.3. The van der Waals surface area contributed by atoms with E-state index in [9.17, 15) is 13.2 Å². The Morgan fingerprint density at radius 3 is 2.50 bits per heavy atom. The van der Waals surface area contributed by atoms with Crippen LogP contribution < -0.4 is 5.32 Å². The van der Waals surface area contributed by atoms with E-state index >= 15 is 0 Å². The summed E-state index contributed by atoms with van der Waals surface area (Å²) in [5.41, 5.74) is 0.00465. The highest BCUT2D eigenvalue weighted by molar-refractivity contribution is 6.28. The van der Waals surface area contributed by atoms with Crippen molar-refractivity contribution in [1.29, 1.82) is 0 Å². The van der Waals surface area contributed by atoms with Crippen LogP contribution in [0.3, 0.4) is 0 Å². The van der Waals surface area contributed by atoms with Gasteiger partial charge in [-0.3, -0.25) is 0 Å². The number of rotatable bonds is 2. The Morgan fingerprint density at radius 1 is 1.10 bits per heavy atom. The monoisotopic (exact) mass is 299 g/mol. The van der Waals surface area contributed by atoms with Crippen LogP contribution in [0.5, 0.6) is 0 Å². The minimum absolute atomic E-state index is 0.0295. The first-order valence-corrected chi connectivity index (χ1v) is 5.70. The maximum absolute atomic E-state index is 13.6. The van der Waals surface area contributed by atoms with E-state index in [1.807, 2.05) is 0 Å². The van der Waals surface area contributed by atoms with Gasteiger partial charge in [0.15, 0.2) is 23.1 Å². The molecule has 0 unspecified atom stereocenters. The van der Waals surface area contributed by atoms with E-state index in [0.29, 0.717) is 17.6 Å². The summed E-state index contributed by atoms with van der Waals surface area (Å²) in [7, 11) is 0. The third-order valence-corrected chi connectivity index (χ3v) is 2.68. The summed E-state index contributed by atoms with van der Waals surface area (Å²) in [6.45, 7) is 0. The number of nitrogens with one attached hydrogen (secondary N) is 2. The zero-order valence-electron chi connectivity index (χ0n) is 9.59. The molecule has 0 amide bonds. The summed E-state index contributed by atoms with van der Waals surface area (Å²) in [6, 6.07) is 1.11. The number of H-pyrrole nitrogens is 1. The molecule has 0 fully saturated rings. The van der Waals surface area contributed by atoms with Gasteiger partial charge in [0, 0.05) is 12.1 Å². The van der Waals surface area contributed by atoms with E-state index < -0.39 is 23.1 Å². The van der Waals surface area contributed by atoms with Crippen LogP contribution in [-0.4, -0.2) is 19.9 Å². The van der Waals surface area contributed by atoms with Crippen molar-refractivity contribution >= 4 is 34.3 Å². The molecule has 1 aromatic carbocycles. The van der Waals surface area contributed by atoms with Crippen molar-refractivity contribution in [3.05, 3.63) is 41.2 Å². The minimum Gasteiger partial charge on any atom is -0.340 e. The van der Waals surface area contributed by atoms with Crippen LogP contribution >= 0.6 is 11.6 Å². The maximum Gasteiger partial charge on any atom is 0.226 e. The van der Waals surface area contributed by atoms with Crippen molar-refractivity contribution in [3.8, 4) is 0 Å². The molecule has 9 heteroatoms. The molecular weight excluding hydrogens is 295 g/mol. The number of hydrogen-bond donors (Lipinski definition) is 2. The number of anilines is 2. The number of aromatic nitrogens is 4. The number of nitrogens with zero attached hydrogens (tertiary/aromatic N) is 3. The van der Waals surface area contributed by atoms with Gasteiger partial charge in [-0.2, -0.15) is 9.97 Å². The lowest BCUT2D eigenvalue weighted by Gasteiger charge is -2.08. The van der Waals surface area contributed by atoms with Gasteiger partial charge in [-0.25, -0.2) is 18.2 Å². The van der Waals surface area contributed by atoms with E-state index in [1.165, 1.54) is 6.33 Å². The molecule has 102 valence electrons. The number of halogens is 4. The van der Waals surface area contributed by atoms with Gasteiger partial charge in [-0.1, -0.05) is 0 Å². The van der Waals surface area contributed by atoms with Gasteiger partial charge in [-0.05, 0) is 11.6 Å². The van der Waals surface area contributed by atoms with Gasteiger partial charge in [0.05, 0.1) is 6.33 Å². The van der Waals surface area contributed by atoms with Crippen LogP contribution in [-0.2, 0) is 0 Å². The maximum atomic E-state index is 13.6. The normalized spacial score (nSPS) is 11.0. The molecule has 3 aromatic rings. The van der Waals surface area contributed by atoms with Crippen molar-refractivity contribution in [1.82, 2.24) is 19.9 Å². The quantitative estimate of drug-likeness (QED) is 0.713. The second-order valence-corrected chi connectivity index (χ2v) is 4.15. The van der Waals surface area contributed by atoms with Crippen LogP contribution in [0.1, 0.15) is 0 Å². The minimum atomic E-state index is -1.09. The van der Waals surface area contributed by atoms with Crippen LogP contribution in [0, 0.1) is 17.5 Å². The van der Waals surface area contributed by atoms with Crippen molar-refractivity contribution < 1.29 is 13.2 Å². The van der Waals surface area contributed by atoms with Gasteiger partial charge in [0.2, 0.25) is 5.28 Å². The molecule has 0 saturated carbocycles. The van der Waals surface area contributed by atoms with E-state index in [2.05, 4.69) is 25.3 Å². The SMILES string of the molecule is Fc1cc(F)c(Nc2nc(Cl)nc3nc[nH]c23)c(F)c1. The zero-order valence-corrected chi connectivity index (χ0v) is 10.3. The largest absolute Gasteiger partial charge is 0.340 e. The summed E-state index contributed by atoms with van der Waals surface area (Å²) in [5, 5.41) is 2.27. The number of benzene rings is 1. The summed E-state index contributed by atoms with van der Waals surface area (Å²) in [4.78, 5) is 14.2. The van der Waals surface area contributed by atoms with Gasteiger partial charge < -0.3 is 10.3 Å².